The van der Waals surface area contributed by atoms with E-state index in [-0.39, 0.29) is 29.0 Å². The van der Waals surface area contributed by atoms with Gasteiger partial charge in [-0.15, -0.1) is 0 Å². The summed E-state index contributed by atoms with van der Waals surface area (Å²) in [6.07, 6.45) is 0.935. The number of rotatable bonds is 3. The minimum atomic E-state index is -0.497. The first-order valence-electron chi connectivity index (χ1n) is 12.3. The molecule has 0 unspecified atom stereocenters. The van der Waals surface area contributed by atoms with Crippen LogP contribution >= 0.6 is 11.6 Å². The van der Waals surface area contributed by atoms with Gasteiger partial charge in [0.25, 0.3) is 11.5 Å². The van der Waals surface area contributed by atoms with Crippen molar-refractivity contribution in [3.05, 3.63) is 105 Å². The van der Waals surface area contributed by atoms with E-state index in [4.69, 9.17) is 11.6 Å². The lowest BCUT2D eigenvalue weighted by atomic mass is 9.83. The van der Waals surface area contributed by atoms with Gasteiger partial charge in [0, 0.05) is 47.5 Å². The third kappa shape index (κ3) is 4.58. The number of hydrogen-bond donors (Lipinski definition) is 2. The van der Waals surface area contributed by atoms with Crippen LogP contribution in [0.4, 0.5) is 16.2 Å². The highest BCUT2D eigenvalue weighted by atomic mass is 35.5. The second-order valence-electron chi connectivity index (χ2n) is 9.74. The molecule has 3 amide bonds. The number of nitrogens with one attached hydrogen (secondary N) is 2. The van der Waals surface area contributed by atoms with Crippen LogP contribution in [0.2, 0.25) is 5.02 Å². The van der Waals surface area contributed by atoms with E-state index in [0.29, 0.717) is 35.9 Å². The molecule has 0 radical (unpaired) electrons. The minimum absolute atomic E-state index is 0.0217. The summed E-state index contributed by atoms with van der Waals surface area (Å²) in [5, 5.41) is 8.10. The Hall–Kier alpha value is -4.10. The average molecular weight is 513 g/mol. The Morgan fingerprint density at radius 3 is 2.43 bits per heavy atom. The summed E-state index contributed by atoms with van der Waals surface area (Å²) in [6.45, 7) is 1.68. The van der Waals surface area contributed by atoms with Gasteiger partial charge in [-0.25, -0.2) is 4.79 Å². The second kappa shape index (κ2) is 9.41. The summed E-state index contributed by atoms with van der Waals surface area (Å²) < 4.78 is 1.76. The molecule has 6 rings (SSSR count). The van der Waals surface area contributed by atoms with Crippen LogP contribution in [0.1, 0.15) is 28.4 Å². The molecule has 1 aromatic heterocycles. The van der Waals surface area contributed by atoms with Crippen LogP contribution in [0.5, 0.6) is 0 Å². The maximum atomic E-state index is 13.4. The minimum Gasteiger partial charge on any atom is -0.338 e. The molecule has 186 valence electrons. The molecular weight excluding hydrogens is 488 g/mol. The number of halogens is 1. The van der Waals surface area contributed by atoms with Crippen LogP contribution in [-0.2, 0) is 6.54 Å². The lowest BCUT2D eigenvalue weighted by molar-refractivity contribution is 0.0595. The molecular formula is C29H25ClN4O3. The number of amides is 3. The topological polar surface area (TPSA) is 83.4 Å². The van der Waals surface area contributed by atoms with Gasteiger partial charge in [-0.05, 0) is 71.6 Å². The highest BCUT2D eigenvalue weighted by Crippen LogP contribution is 2.36. The molecule has 1 fully saturated rings. The number of urea groups is 1. The molecule has 37 heavy (non-hydrogen) atoms. The number of aromatic nitrogens is 1. The number of fused-ring (bicyclic) bond motifs is 5. The van der Waals surface area contributed by atoms with Gasteiger partial charge in [0.2, 0.25) is 0 Å². The zero-order valence-electron chi connectivity index (χ0n) is 20.0. The number of benzene rings is 3. The predicted molar refractivity (Wildman–Crippen MR) is 145 cm³/mol. The van der Waals surface area contributed by atoms with Crippen molar-refractivity contribution in [3.63, 3.8) is 0 Å². The maximum absolute atomic E-state index is 13.4. The first-order valence-corrected chi connectivity index (χ1v) is 12.7. The van der Waals surface area contributed by atoms with E-state index in [9.17, 15) is 14.4 Å². The van der Waals surface area contributed by atoms with Crippen LogP contribution in [-0.4, -0.2) is 34.5 Å². The first-order chi connectivity index (χ1) is 17.9. The largest absolute Gasteiger partial charge is 0.338 e. The molecule has 2 N–H and O–H groups in total. The molecule has 8 heteroatoms. The Balaban J connectivity index is 1.19. The molecule has 2 bridgehead atoms. The highest BCUT2D eigenvalue weighted by Gasteiger charge is 2.37. The van der Waals surface area contributed by atoms with Gasteiger partial charge in [-0.3, -0.25) is 9.59 Å². The maximum Gasteiger partial charge on any atom is 0.323 e. The summed E-state index contributed by atoms with van der Waals surface area (Å²) in [6, 6.07) is 23.6. The molecule has 1 saturated heterocycles. The van der Waals surface area contributed by atoms with Gasteiger partial charge in [0.1, 0.15) is 5.69 Å². The number of nitrogens with zero attached hydrogens (tertiary/aromatic N) is 2. The molecule has 0 spiro atoms. The number of hydrogen-bond acceptors (Lipinski definition) is 3. The van der Waals surface area contributed by atoms with E-state index >= 15 is 0 Å². The standard InChI is InChI=1S/C29H25ClN4O3/c30-23-7-9-24(10-8-23)31-29(37)32-25-11-12-26-22-13-18(16-34(26)28(25)36)15-33(17-22)27(35)21-6-5-19-3-1-2-4-20(19)14-21/h1-12,14,18,22H,13,15-17H2,(H2,31,32,37)/t18-,22+/m1/s1. The molecule has 0 aliphatic carbocycles. The van der Waals surface area contributed by atoms with E-state index in [1.54, 1.807) is 34.9 Å². The van der Waals surface area contributed by atoms with Gasteiger partial charge in [0.05, 0.1) is 0 Å². The average Bonchev–Trinajstić information content (AvgIpc) is 2.91. The van der Waals surface area contributed by atoms with Crippen molar-refractivity contribution in [2.24, 2.45) is 5.92 Å². The fourth-order valence-corrected chi connectivity index (χ4v) is 5.66. The number of anilines is 2. The van der Waals surface area contributed by atoms with Crippen LogP contribution < -0.4 is 16.2 Å². The number of carbonyl (C=O) groups excluding carboxylic acids is 2. The summed E-state index contributed by atoms with van der Waals surface area (Å²) in [7, 11) is 0. The normalized spacial score (nSPS) is 18.2. The van der Waals surface area contributed by atoms with Crippen molar-refractivity contribution in [1.29, 1.82) is 0 Å². The Morgan fingerprint density at radius 1 is 0.838 bits per heavy atom. The third-order valence-electron chi connectivity index (χ3n) is 7.24. The molecule has 4 aromatic rings. The molecule has 2 aliphatic heterocycles. The lowest BCUT2D eigenvalue weighted by Crippen LogP contribution is -2.49. The van der Waals surface area contributed by atoms with Crippen molar-refractivity contribution >= 4 is 45.7 Å². The van der Waals surface area contributed by atoms with Crippen LogP contribution in [0, 0.1) is 5.92 Å². The summed E-state index contributed by atoms with van der Waals surface area (Å²) in [5.74, 6) is 0.265. The van der Waals surface area contributed by atoms with Crippen molar-refractivity contribution < 1.29 is 9.59 Å². The van der Waals surface area contributed by atoms with E-state index in [2.05, 4.69) is 10.6 Å². The lowest BCUT2D eigenvalue weighted by Gasteiger charge is -2.43. The summed E-state index contributed by atoms with van der Waals surface area (Å²) >= 11 is 5.89. The van der Waals surface area contributed by atoms with Gasteiger partial charge < -0.3 is 20.1 Å². The van der Waals surface area contributed by atoms with Crippen molar-refractivity contribution in [2.75, 3.05) is 23.7 Å². The fourth-order valence-electron chi connectivity index (χ4n) is 5.53. The zero-order valence-corrected chi connectivity index (χ0v) is 20.7. The number of carbonyl (C=O) groups is 2. The van der Waals surface area contributed by atoms with E-state index in [0.717, 1.165) is 22.9 Å². The van der Waals surface area contributed by atoms with Crippen molar-refractivity contribution in [1.82, 2.24) is 9.47 Å². The van der Waals surface area contributed by atoms with Crippen LogP contribution in [0.15, 0.2) is 83.7 Å². The Kier molecular flexibility index (Phi) is 5.93. The van der Waals surface area contributed by atoms with Gasteiger partial charge in [-0.1, -0.05) is 41.9 Å². The second-order valence-corrected chi connectivity index (χ2v) is 10.2. The van der Waals surface area contributed by atoms with E-state index < -0.39 is 6.03 Å². The SMILES string of the molecule is O=C(Nc1ccc(Cl)cc1)Nc1ccc2n(c1=O)C[C@@H]1C[C@H]2CN(C(=O)c2ccc3ccccc3c2)C1. The molecule has 2 atom stereocenters. The van der Waals surface area contributed by atoms with Crippen molar-refractivity contribution in [2.45, 2.75) is 18.9 Å². The highest BCUT2D eigenvalue weighted by molar-refractivity contribution is 6.30. The molecule has 2 aliphatic rings. The van der Waals surface area contributed by atoms with Crippen molar-refractivity contribution in [3.8, 4) is 0 Å². The third-order valence-corrected chi connectivity index (χ3v) is 7.49. The number of likely N-dealkylation sites (tertiary alicyclic amines) is 1. The molecule has 0 saturated carbocycles. The monoisotopic (exact) mass is 512 g/mol. The summed E-state index contributed by atoms with van der Waals surface area (Å²) in [4.78, 5) is 41.0. The van der Waals surface area contributed by atoms with Crippen LogP contribution in [0.25, 0.3) is 10.8 Å². The van der Waals surface area contributed by atoms with Gasteiger partial charge in [-0.2, -0.15) is 0 Å². The smallest absolute Gasteiger partial charge is 0.323 e. The number of pyridine rings is 1. The van der Waals surface area contributed by atoms with E-state index in [1.165, 1.54) is 0 Å². The molecule has 3 heterocycles. The zero-order chi connectivity index (χ0) is 25.5. The quantitative estimate of drug-likeness (QED) is 0.377. The first kappa shape index (κ1) is 23.3. The van der Waals surface area contributed by atoms with Gasteiger partial charge in [0.15, 0.2) is 0 Å². The molecule has 3 aromatic carbocycles. The number of piperidine rings is 1. The fraction of sp³-hybridized carbons (Fsp3) is 0.207. The summed E-state index contributed by atoms with van der Waals surface area (Å²) in [5.41, 5.74) is 2.15. The Morgan fingerprint density at radius 2 is 1.62 bits per heavy atom. The van der Waals surface area contributed by atoms with Gasteiger partial charge >= 0.3 is 6.03 Å². The predicted octanol–water partition coefficient (Wildman–Crippen LogP) is 5.56. The van der Waals surface area contributed by atoms with E-state index in [1.807, 2.05) is 53.4 Å². The Bertz CT molecular complexity index is 1580. The van der Waals surface area contributed by atoms with Crippen LogP contribution in [0.3, 0.4) is 0 Å². The molecule has 7 nitrogen and oxygen atoms in total. The Labute approximate surface area is 218 Å².